The van der Waals surface area contributed by atoms with Crippen molar-refractivity contribution >= 4 is 27.4 Å². The van der Waals surface area contributed by atoms with Crippen molar-refractivity contribution in [1.82, 2.24) is 0 Å². The Morgan fingerprint density at radius 3 is 2.20 bits per heavy atom. The van der Waals surface area contributed by atoms with Crippen LogP contribution in [0.15, 0.2) is 53.4 Å². The fourth-order valence-corrected chi connectivity index (χ4v) is 5.97. The zero-order valence-electron chi connectivity index (χ0n) is 13.5. The highest BCUT2D eigenvalue weighted by Gasteiger charge is 2.75. The smallest absolute Gasteiger partial charge is 0.312 e. The molecule has 3 rings (SSSR count). The van der Waals surface area contributed by atoms with Gasteiger partial charge in [-0.1, -0.05) is 41.4 Å². The van der Waals surface area contributed by atoms with Gasteiger partial charge in [0, 0.05) is 17.5 Å². The first-order valence-electron chi connectivity index (χ1n) is 7.74. The largest absolute Gasteiger partial charge is 0.481 e. The van der Waals surface area contributed by atoms with Crippen LogP contribution >= 0.6 is 11.6 Å². The number of aryl methyl sites for hydroxylation is 1. The lowest BCUT2D eigenvalue weighted by Gasteiger charge is -2.10. The number of halogens is 1. The van der Waals surface area contributed by atoms with Crippen molar-refractivity contribution in [2.75, 3.05) is 6.54 Å². The van der Waals surface area contributed by atoms with E-state index in [4.69, 9.17) is 17.3 Å². The molecule has 0 aromatic heterocycles. The van der Waals surface area contributed by atoms with Crippen LogP contribution < -0.4 is 5.73 Å². The van der Waals surface area contributed by atoms with Crippen LogP contribution in [-0.2, 0) is 14.6 Å². The Bertz CT molecular complexity index is 909. The highest BCUT2D eigenvalue weighted by atomic mass is 35.5. The minimum atomic E-state index is -3.85. The molecule has 25 heavy (non-hydrogen) atoms. The van der Waals surface area contributed by atoms with Crippen molar-refractivity contribution in [3.8, 4) is 0 Å². The molecule has 0 spiro atoms. The van der Waals surface area contributed by atoms with Gasteiger partial charge in [-0.25, -0.2) is 8.42 Å². The van der Waals surface area contributed by atoms with E-state index in [-0.39, 0.29) is 11.4 Å². The minimum absolute atomic E-state index is 0.110. The van der Waals surface area contributed by atoms with E-state index in [0.29, 0.717) is 10.6 Å². The molecule has 0 heterocycles. The van der Waals surface area contributed by atoms with Crippen molar-refractivity contribution in [2.24, 2.45) is 11.1 Å². The van der Waals surface area contributed by atoms with Crippen molar-refractivity contribution in [3.63, 3.8) is 0 Å². The molecule has 0 aliphatic heterocycles. The van der Waals surface area contributed by atoms with E-state index in [0.717, 1.165) is 5.56 Å². The number of hydrogen-bond donors (Lipinski definition) is 2. The third kappa shape index (κ3) is 2.74. The Balaban J connectivity index is 2.10. The summed E-state index contributed by atoms with van der Waals surface area (Å²) in [6, 6.07) is 12.9. The fourth-order valence-electron chi connectivity index (χ4n) is 3.46. The molecule has 132 valence electrons. The molecule has 1 aliphatic carbocycles. The zero-order valence-corrected chi connectivity index (χ0v) is 15.1. The summed E-state index contributed by atoms with van der Waals surface area (Å²) >= 11 is 5.88. The lowest BCUT2D eigenvalue weighted by atomic mass is 9.99. The summed E-state index contributed by atoms with van der Waals surface area (Å²) < 4.78 is 26.2. The predicted octanol–water partition coefficient (Wildman–Crippen LogP) is 2.62. The van der Waals surface area contributed by atoms with E-state index in [9.17, 15) is 18.3 Å². The number of carboxylic acids is 1. The number of aliphatic carboxylic acids is 1. The molecule has 2 aromatic carbocycles. The lowest BCUT2D eigenvalue weighted by molar-refractivity contribution is -0.143. The second-order valence-electron chi connectivity index (χ2n) is 6.36. The van der Waals surface area contributed by atoms with Gasteiger partial charge in [0.05, 0.1) is 10.1 Å². The first-order chi connectivity index (χ1) is 11.7. The summed E-state index contributed by atoms with van der Waals surface area (Å²) in [4.78, 5) is 12.0. The Morgan fingerprint density at radius 2 is 1.72 bits per heavy atom. The van der Waals surface area contributed by atoms with Crippen LogP contribution in [0.25, 0.3) is 0 Å². The van der Waals surface area contributed by atoms with Crippen molar-refractivity contribution in [2.45, 2.75) is 23.0 Å². The van der Waals surface area contributed by atoms with Gasteiger partial charge >= 0.3 is 5.97 Å². The average Bonchev–Trinajstić information content (AvgIpc) is 3.27. The molecular weight excluding hydrogens is 362 g/mol. The molecule has 1 aliphatic rings. The first-order valence-corrected chi connectivity index (χ1v) is 9.67. The molecule has 1 saturated carbocycles. The van der Waals surface area contributed by atoms with Gasteiger partial charge < -0.3 is 10.8 Å². The Morgan fingerprint density at radius 1 is 1.16 bits per heavy atom. The Kier molecular flexibility index (Phi) is 4.39. The zero-order chi connectivity index (χ0) is 18.4. The topological polar surface area (TPSA) is 97.5 Å². The highest BCUT2D eigenvalue weighted by Crippen LogP contribution is 2.63. The monoisotopic (exact) mass is 379 g/mol. The fraction of sp³-hybridized carbons (Fsp3) is 0.278. The molecule has 1 fully saturated rings. The number of carbonyl (C=O) groups is 1. The third-order valence-electron chi connectivity index (χ3n) is 4.91. The van der Waals surface area contributed by atoms with Crippen LogP contribution in [-0.4, -0.2) is 31.3 Å². The van der Waals surface area contributed by atoms with E-state index >= 15 is 0 Å². The molecule has 0 unspecified atom stereocenters. The molecule has 7 heteroatoms. The van der Waals surface area contributed by atoms with Crippen LogP contribution in [0.5, 0.6) is 0 Å². The van der Waals surface area contributed by atoms with Gasteiger partial charge in [-0.05, 0) is 36.8 Å². The molecule has 2 aromatic rings. The molecule has 5 nitrogen and oxygen atoms in total. The van der Waals surface area contributed by atoms with Crippen LogP contribution in [0.2, 0.25) is 5.02 Å². The maximum atomic E-state index is 13.1. The van der Waals surface area contributed by atoms with E-state index in [2.05, 4.69) is 0 Å². The van der Waals surface area contributed by atoms with Crippen LogP contribution in [0.4, 0.5) is 0 Å². The number of carboxylic acid groups (broad SMARTS) is 1. The van der Waals surface area contributed by atoms with E-state index < -0.39 is 32.4 Å². The van der Waals surface area contributed by atoms with E-state index in [1.54, 1.807) is 36.4 Å². The minimum Gasteiger partial charge on any atom is -0.481 e. The lowest BCUT2D eigenvalue weighted by Crippen LogP contribution is -2.31. The maximum absolute atomic E-state index is 13.1. The third-order valence-corrected chi connectivity index (χ3v) is 7.45. The number of hydrogen-bond acceptors (Lipinski definition) is 4. The summed E-state index contributed by atoms with van der Waals surface area (Å²) in [6.07, 6.45) is 0. The van der Waals surface area contributed by atoms with Gasteiger partial charge in [-0.2, -0.15) is 0 Å². The van der Waals surface area contributed by atoms with Crippen molar-refractivity contribution < 1.29 is 18.3 Å². The van der Waals surface area contributed by atoms with Gasteiger partial charge in [0.2, 0.25) is 0 Å². The quantitative estimate of drug-likeness (QED) is 0.832. The second kappa shape index (κ2) is 6.12. The van der Waals surface area contributed by atoms with Crippen LogP contribution in [0, 0.1) is 12.3 Å². The normalized spacial score (nSPS) is 25.6. The molecule has 3 N–H and O–H groups in total. The maximum Gasteiger partial charge on any atom is 0.312 e. The van der Waals surface area contributed by atoms with Gasteiger partial charge in [0.15, 0.2) is 9.84 Å². The molecule has 3 atom stereocenters. The molecule has 0 amide bonds. The van der Waals surface area contributed by atoms with Crippen molar-refractivity contribution in [1.29, 1.82) is 0 Å². The molecule has 0 bridgehead atoms. The van der Waals surface area contributed by atoms with E-state index in [1.165, 1.54) is 12.1 Å². The van der Waals surface area contributed by atoms with Gasteiger partial charge in [0.25, 0.3) is 0 Å². The number of rotatable bonds is 5. The number of sulfone groups is 1. The van der Waals surface area contributed by atoms with Gasteiger partial charge in [0.1, 0.15) is 5.41 Å². The number of nitrogens with two attached hydrogens (primary N) is 1. The van der Waals surface area contributed by atoms with Gasteiger partial charge in [-0.15, -0.1) is 0 Å². The summed E-state index contributed by atoms with van der Waals surface area (Å²) in [5.41, 5.74) is 5.75. The van der Waals surface area contributed by atoms with Crippen LogP contribution in [0.1, 0.15) is 17.0 Å². The molecule has 0 radical (unpaired) electrons. The van der Waals surface area contributed by atoms with Crippen LogP contribution in [0.3, 0.4) is 0 Å². The first kappa shape index (κ1) is 17.9. The molecular formula is C18H18ClNO4S. The number of benzene rings is 2. The summed E-state index contributed by atoms with van der Waals surface area (Å²) in [6.45, 7) is 1.59. The van der Waals surface area contributed by atoms with Gasteiger partial charge in [-0.3, -0.25) is 4.79 Å². The highest BCUT2D eigenvalue weighted by molar-refractivity contribution is 7.92. The van der Waals surface area contributed by atoms with E-state index in [1.807, 2.05) is 6.92 Å². The summed E-state index contributed by atoms with van der Waals surface area (Å²) in [5.74, 6) is -1.91. The average molecular weight is 380 g/mol. The Labute approximate surface area is 151 Å². The summed E-state index contributed by atoms with van der Waals surface area (Å²) in [5, 5.41) is 9.14. The second-order valence-corrected chi connectivity index (χ2v) is 8.86. The SMILES string of the molecule is Cc1ccc(S(=O)(=O)[C@@H]2[C@H](c3ccc(Cl)cc3)[C@]2(CN)C(=O)O)cc1. The summed E-state index contributed by atoms with van der Waals surface area (Å²) in [7, 11) is -3.85. The predicted molar refractivity (Wildman–Crippen MR) is 95.5 cm³/mol. The standard InChI is InChI=1S/C18H18ClNO4S/c1-11-2-8-14(9-3-11)25(23,24)16-15(18(16,10-20)17(21)22)12-4-6-13(19)7-5-12/h2-9,15-16H,10,20H2,1H3,(H,21,22)/t15-,16+,18-/m0/s1. The van der Waals surface area contributed by atoms with Crippen molar-refractivity contribution in [3.05, 3.63) is 64.7 Å². The Hall–Kier alpha value is -1.89. The molecule has 0 saturated heterocycles.